The van der Waals surface area contributed by atoms with Crippen molar-refractivity contribution in [2.45, 2.75) is 26.8 Å². The molecule has 0 aliphatic carbocycles. The summed E-state index contributed by atoms with van der Waals surface area (Å²) in [5.41, 5.74) is 0. The Morgan fingerprint density at radius 2 is 2.10 bits per heavy atom. The highest BCUT2D eigenvalue weighted by atomic mass is 16.4. The lowest BCUT2D eigenvalue weighted by Gasteiger charge is -2.17. The third kappa shape index (κ3) is 2.53. The summed E-state index contributed by atoms with van der Waals surface area (Å²) < 4.78 is 0. The predicted molar refractivity (Wildman–Crippen MR) is 39.8 cm³/mol. The van der Waals surface area contributed by atoms with Crippen LogP contribution in [0.25, 0.3) is 0 Å². The molecule has 58 valence electrons. The lowest BCUT2D eigenvalue weighted by Crippen LogP contribution is -2.30. The molecule has 1 N–H and O–H groups in total. The second kappa shape index (κ2) is 3.93. The summed E-state index contributed by atoms with van der Waals surface area (Å²) in [5, 5.41) is 8.55. The third-order valence-electron chi connectivity index (χ3n) is 1.09. The smallest absolute Gasteiger partial charge is 0.411 e. The van der Waals surface area contributed by atoms with Crippen LogP contribution in [0.4, 0.5) is 4.79 Å². The van der Waals surface area contributed by atoms with Crippen molar-refractivity contribution >= 4 is 6.09 Å². The Balaban J connectivity index is 4.12. The zero-order chi connectivity index (χ0) is 8.15. The molecule has 0 saturated heterocycles. The van der Waals surface area contributed by atoms with Gasteiger partial charge < -0.3 is 5.11 Å². The molecule has 0 atom stereocenters. The molecule has 0 aromatic carbocycles. The topological polar surface area (TPSA) is 40.5 Å². The van der Waals surface area contributed by atoms with Crippen LogP contribution in [0.1, 0.15) is 20.8 Å². The van der Waals surface area contributed by atoms with E-state index in [1.165, 1.54) is 4.90 Å². The van der Waals surface area contributed by atoms with E-state index in [2.05, 4.69) is 0 Å². The molecular weight excluding hydrogens is 130 g/mol. The Labute approximate surface area is 61.0 Å². The summed E-state index contributed by atoms with van der Waals surface area (Å²) in [7, 11) is 0. The molecule has 0 fully saturated rings. The maximum absolute atomic E-state index is 10.4. The summed E-state index contributed by atoms with van der Waals surface area (Å²) >= 11 is 0. The van der Waals surface area contributed by atoms with E-state index in [4.69, 9.17) is 5.11 Å². The zero-order valence-electron chi connectivity index (χ0n) is 6.53. The average Bonchev–Trinajstić information content (AvgIpc) is 1.81. The zero-order valence-corrected chi connectivity index (χ0v) is 6.53. The van der Waals surface area contributed by atoms with E-state index in [9.17, 15) is 4.79 Å². The van der Waals surface area contributed by atoms with Crippen molar-refractivity contribution in [3.05, 3.63) is 12.3 Å². The summed E-state index contributed by atoms with van der Waals surface area (Å²) in [5.74, 6) is 0. The molecule has 1 amide bonds. The van der Waals surface area contributed by atoms with Crippen molar-refractivity contribution in [2.24, 2.45) is 0 Å². The number of carboxylic acid groups (broad SMARTS) is 1. The molecule has 0 bridgehead atoms. The normalized spacial score (nSPS) is 10.8. The van der Waals surface area contributed by atoms with E-state index in [1.807, 2.05) is 13.8 Å². The van der Waals surface area contributed by atoms with E-state index < -0.39 is 6.09 Å². The van der Waals surface area contributed by atoms with E-state index in [0.717, 1.165) is 0 Å². The van der Waals surface area contributed by atoms with Gasteiger partial charge in [-0.1, -0.05) is 6.08 Å². The fourth-order valence-corrected chi connectivity index (χ4v) is 0.617. The largest absolute Gasteiger partial charge is 0.465 e. The van der Waals surface area contributed by atoms with Gasteiger partial charge in [-0.15, -0.1) is 0 Å². The van der Waals surface area contributed by atoms with E-state index in [-0.39, 0.29) is 6.04 Å². The SMILES string of the molecule is CC=CN(C(=O)O)C(C)C. The van der Waals surface area contributed by atoms with Crippen LogP contribution in [0.2, 0.25) is 0 Å². The Morgan fingerprint density at radius 3 is 2.20 bits per heavy atom. The highest BCUT2D eigenvalue weighted by molar-refractivity contribution is 5.66. The molecule has 0 aromatic heterocycles. The van der Waals surface area contributed by atoms with Crippen LogP contribution in [-0.2, 0) is 0 Å². The van der Waals surface area contributed by atoms with Gasteiger partial charge >= 0.3 is 6.09 Å². The van der Waals surface area contributed by atoms with Crippen molar-refractivity contribution < 1.29 is 9.90 Å². The first-order valence-corrected chi connectivity index (χ1v) is 3.23. The van der Waals surface area contributed by atoms with Crippen LogP contribution in [0.5, 0.6) is 0 Å². The van der Waals surface area contributed by atoms with Crippen molar-refractivity contribution in [1.82, 2.24) is 4.90 Å². The molecule has 0 aromatic rings. The van der Waals surface area contributed by atoms with Gasteiger partial charge in [0, 0.05) is 12.2 Å². The van der Waals surface area contributed by atoms with Gasteiger partial charge in [-0.05, 0) is 20.8 Å². The van der Waals surface area contributed by atoms with Crippen LogP contribution >= 0.6 is 0 Å². The number of amides is 1. The van der Waals surface area contributed by atoms with Crippen LogP contribution in [0.3, 0.4) is 0 Å². The third-order valence-corrected chi connectivity index (χ3v) is 1.09. The molecule has 0 unspecified atom stereocenters. The first-order valence-electron chi connectivity index (χ1n) is 3.23. The molecule has 0 saturated carbocycles. The molecular formula is C7H13NO2. The van der Waals surface area contributed by atoms with Crippen molar-refractivity contribution in [3.63, 3.8) is 0 Å². The Kier molecular flexibility index (Phi) is 3.54. The summed E-state index contributed by atoms with van der Waals surface area (Å²) in [6.07, 6.45) is 2.34. The number of hydrogen-bond donors (Lipinski definition) is 1. The standard InChI is InChI=1S/C7H13NO2/c1-4-5-8(6(2)3)7(9)10/h4-6H,1-3H3,(H,9,10). The van der Waals surface area contributed by atoms with E-state index in [1.54, 1.807) is 19.2 Å². The Hall–Kier alpha value is -0.990. The number of allylic oxidation sites excluding steroid dienone is 1. The van der Waals surface area contributed by atoms with Gasteiger partial charge in [-0.3, -0.25) is 4.90 Å². The molecule has 0 radical (unpaired) electrons. The van der Waals surface area contributed by atoms with Gasteiger partial charge in [0.2, 0.25) is 0 Å². The predicted octanol–water partition coefficient (Wildman–Crippen LogP) is 1.91. The summed E-state index contributed by atoms with van der Waals surface area (Å²) in [6, 6.07) is 0.00806. The molecule has 0 heterocycles. The molecule has 0 aliphatic heterocycles. The summed E-state index contributed by atoms with van der Waals surface area (Å²) in [6.45, 7) is 5.44. The minimum absolute atomic E-state index is 0.00806. The molecule has 3 heteroatoms. The fraction of sp³-hybridized carbons (Fsp3) is 0.571. The van der Waals surface area contributed by atoms with Crippen molar-refractivity contribution in [1.29, 1.82) is 0 Å². The first kappa shape index (κ1) is 9.01. The monoisotopic (exact) mass is 143 g/mol. The highest BCUT2D eigenvalue weighted by Gasteiger charge is 2.10. The van der Waals surface area contributed by atoms with Crippen LogP contribution in [0, 0.1) is 0 Å². The lowest BCUT2D eigenvalue weighted by molar-refractivity contribution is 0.153. The van der Waals surface area contributed by atoms with Gasteiger partial charge in [0.05, 0.1) is 0 Å². The van der Waals surface area contributed by atoms with Crippen LogP contribution in [-0.4, -0.2) is 22.1 Å². The van der Waals surface area contributed by atoms with Crippen molar-refractivity contribution in [3.8, 4) is 0 Å². The van der Waals surface area contributed by atoms with Gasteiger partial charge in [-0.25, -0.2) is 4.79 Å². The second-order valence-electron chi connectivity index (χ2n) is 2.27. The Morgan fingerprint density at radius 1 is 1.60 bits per heavy atom. The quantitative estimate of drug-likeness (QED) is 0.641. The van der Waals surface area contributed by atoms with Crippen LogP contribution in [0.15, 0.2) is 12.3 Å². The number of nitrogens with zero attached hydrogens (tertiary/aromatic N) is 1. The minimum atomic E-state index is -0.909. The molecule has 0 rings (SSSR count). The molecule has 0 aliphatic rings. The molecule has 0 spiro atoms. The maximum Gasteiger partial charge on any atom is 0.411 e. The second-order valence-corrected chi connectivity index (χ2v) is 2.27. The molecule has 10 heavy (non-hydrogen) atoms. The number of carbonyl (C=O) groups is 1. The molecule has 3 nitrogen and oxygen atoms in total. The Bertz CT molecular complexity index is 141. The average molecular weight is 143 g/mol. The minimum Gasteiger partial charge on any atom is -0.465 e. The van der Waals surface area contributed by atoms with Gasteiger partial charge in [-0.2, -0.15) is 0 Å². The van der Waals surface area contributed by atoms with E-state index in [0.29, 0.717) is 0 Å². The number of rotatable bonds is 2. The lowest BCUT2D eigenvalue weighted by atomic mass is 10.3. The highest BCUT2D eigenvalue weighted by Crippen LogP contribution is 1.98. The van der Waals surface area contributed by atoms with Crippen molar-refractivity contribution in [2.75, 3.05) is 0 Å². The fourth-order valence-electron chi connectivity index (χ4n) is 0.617. The number of hydrogen-bond acceptors (Lipinski definition) is 1. The summed E-state index contributed by atoms with van der Waals surface area (Å²) in [4.78, 5) is 11.7. The van der Waals surface area contributed by atoms with Gasteiger partial charge in [0.1, 0.15) is 0 Å². The maximum atomic E-state index is 10.4. The first-order chi connectivity index (χ1) is 4.59. The van der Waals surface area contributed by atoms with Crippen LogP contribution < -0.4 is 0 Å². The van der Waals surface area contributed by atoms with Gasteiger partial charge in [0.15, 0.2) is 0 Å². The van der Waals surface area contributed by atoms with E-state index >= 15 is 0 Å². The van der Waals surface area contributed by atoms with Gasteiger partial charge in [0.25, 0.3) is 0 Å².